The highest BCUT2D eigenvalue weighted by molar-refractivity contribution is 5.94. The smallest absolute Gasteiger partial charge is 0.254 e. The van der Waals surface area contributed by atoms with E-state index in [1.165, 1.54) is 30.2 Å². The number of halogens is 1. The maximum atomic E-state index is 13.2. The highest BCUT2D eigenvalue weighted by Crippen LogP contribution is 2.19. The molecule has 1 amide bonds. The highest BCUT2D eigenvalue weighted by atomic mass is 19.1. The molecule has 0 aliphatic heterocycles. The van der Waals surface area contributed by atoms with E-state index in [2.05, 4.69) is 0 Å². The summed E-state index contributed by atoms with van der Waals surface area (Å²) in [6, 6.07) is 3.99. The van der Waals surface area contributed by atoms with Crippen molar-refractivity contribution in [1.29, 1.82) is 0 Å². The van der Waals surface area contributed by atoms with E-state index in [0.717, 1.165) is 6.42 Å². The van der Waals surface area contributed by atoms with Crippen LogP contribution in [0.3, 0.4) is 0 Å². The van der Waals surface area contributed by atoms with Gasteiger partial charge in [0.1, 0.15) is 0 Å². The number of benzene rings is 1. The maximum absolute atomic E-state index is 13.2. The van der Waals surface area contributed by atoms with Crippen LogP contribution in [0.2, 0.25) is 0 Å². The van der Waals surface area contributed by atoms with Gasteiger partial charge >= 0.3 is 0 Å². The van der Waals surface area contributed by atoms with E-state index in [-0.39, 0.29) is 24.8 Å². The van der Waals surface area contributed by atoms with Crippen molar-refractivity contribution in [3.63, 3.8) is 0 Å². The van der Waals surface area contributed by atoms with Gasteiger partial charge in [-0.05, 0) is 24.6 Å². The first kappa shape index (κ1) is 14.4. The molecule has 0 saturated carbocycles. The van der Waals surface area contributed by atoms with Crippen LogP contribution in [-0.2, 0) is 0 Å². The Labute approximate surface area is 106 Å². The Balaban J connectivity index is 2.93. The molecule has 5 heteroatoms. The number of hydrogen-bond donors (Lipinski definition) is 1. The van der Waals surface area contributed by atoms with Crippen LogP contribution in [0.4, 0.5) is 4.39 Å². The van der Waals surface area contributed by atoms with Gasteiger partial charge in [-0.1, -0.05) is 6.92 Å². The topological polar surface area (TPSA) is 49.8 Å². The number of aliphatic hydroxyl groups is 1. The molecule has 0 aliphatic rings. The lowest BCUT2D eigenvalue weighted by Crippen LogP contribution is -2.34. The molecule has 1 aromatic carbocycles. The van der Waals surface area contributed by atoms with Crippen LogP contribution in [0.25, 0.3) is 0 Å². The summed E-state index contributed by atoms with van der Waals surface area (Å²) in [5.74, 6) is -0.691. The van der Waals surface area contributed by atoms with Gasteiger partial charge in [0, 0.05) is 18.7 Å². The Kier molecular flexibility index (Phi) is 5.58. The van der Waals surface area contributed by atoms with Crippen molar-refractivity contribution in [2.45, 2.75) is 13.3 Å². The fraction of sp³-hybridized carbons (Fsp3) is 0.462. The summed E-state index contributed by atoms with van der Waals surface area (Å²) in [5, 5.41) is 8.93. The molecule has 0 atom stereocenters. The quantitative estimate of drug-likeness (QED) is 0.841. The minimum absolute atomic E-state index is 0.0429. The largest absolute Gasteiger partial charge is 0.494 e. The zero-order chi connectivity index (χ0) is 13.5. The van der Waals surface area contributed by atoms with Crippen molar-refractivity contribution in [2.75, 3.05) is 26.8 Å². The summed E-state index contributed by atoms with van der Waals surface area (Å²) in [5.41, 5.74) is 0.357. The van der Waals surface area contributed by atoms with Crippen molar-refractivity contribution < 1.29 is 19.0 Å². The maximum Gasteiger partial charge on any atom is 0.254 e. The van der Waals surface area contributed by atoms with E-state index < -0.39 is 5.82 Å². The van der Waals surface area contributed by atoms with Gasteiger partial charge in [0.05, 0.1) is 13.7 Å². The molecule has 0 heterocycles. The third kappa shape index (κ3) is 3.43. The standard InChI is InChI=1S/C13H18FNO3/c1-3-6-15(7-8-16)13(17)10-4-5-11(14)12(9-10)18-2/h4-5,9,16H,3,6-8H2,1-2H3. The van der Waals surface area contributed by atoms with E-state index in [4.69, 9.17) is 9.84 Å². The SMILES string of the molecule is CCCN(CCO)C(=O)c1ccc(F)c(OC)c1. The van der Waals surface area contributed by atoms with Crippen LogP contribution >= 0.6 is 0 Å². The zero-order valence-corrected chi connectivity index (χ0v) is 10.6. The average molecular weight is 255 g/mol. The van der Waals surface area contributed by atoms with E-state index in [9.17, 15) is 9.18 Å². The molecule has 4 nitrogen and oxygen atoms in total. The molecular weight excluding hydrogens is 237 g/mol. The molecular formula is C13H18FNO3. The third-order valence-corrected chi connectivity index (χ3v) is 2.55. The Bertz CT molecular complexity index is 403. The number of carbonyl (C=O) groups is 1. The first-order chi connectivity index (χ1) is 8.63. The summed E-state index contributed by atoms with van der Waals surface area (Å²) in [6.45, 7) is 2.68. The van der Waals surface area contributed by atoms with Gasteiger partial charge in [-0.15, -0.1) is 0 Å². The number of rotatable bonds is 6. The highest BCUT2D eigenvalue weighted by Gasteiger charge is 2.16. The molecule has 0 fully saturated rings. The first-order valence-corrected chi connectivity index (χ1v) is 5.87. The van der Waals surface area contributed by atoms with Crippen LogP contribution in [0, 0.1) is 5.82 Å². The monoisotopic (exact) mass is 255 g/mol. The molecule has 0 bridgehead atoms. The molecule has 0 unspecified atom stereocenters. The van der Waals surface area contributed by atoms with Gasteiger partial charge in [0.25, 0.3) is 5.91 Å². The Morgan fingerprint density at radius 3 is 2.72 bits per heavy atom. The summed E-state index contributed by atoms with van der Waals surface area (Å²) in [4.78, 5) is 13.7. The van der Waals surface area contributed by atoms with Gasteiger partial charge in [-0.25, -0.2) is 4.39 Å². The Hall–Kier alpha value is -1.62. The van der Waals surface area contributed by atoms with Crippen LogP contribution in [0.5, 0.6) is 5.75 Å². The fourth-order valence-corrected chi connectivity index (χ4v) is 1.68. The lowest BCUT2D eigenvalue weighted by molar-refractivity contribution is 0.0721. The average Bonchev–Trinajstić information content (AvgIpc) is 2.38. The van der Waals surface area contributed by atoms with E-state index >= 15 is 0 Å². The molecule has 18 heavy (non-hydrogen) atoms. The lowest BCUT2D eigenvalue weighted by Gasteiger charge is -2.21. The van der Waals surface area contributed by atoms with Crippen molar-refractivity contribution in [1.82, 2.24) is 4.90 Å². The number of amides is 1. The van der Waals surface area contributed by atoms with Crippen LogP contribution < -0.4 is 4.74 Å². The number of nitrogens with zero attached hydrogens (tertiary/aromatic N) is 1. The molecule has 1 aromatic rings. The third-order valence-electron chi connectivity index (χ3n) is 2.55. The molecule has 0 aliphatic carbocycles. The predicted octanol–water partition coefficient (Wildman–Crippen LogP) is 1.68. The molecule has 0 spiro atoms. The summed E-state index contributed by atoms with van der Waals surface area (Å²) in [6.07, 6.45) is 0.796. The van der Waals surface area contributed by atoms with Gasteiger partial charge in [0.15, 0.2) is 11.6 Å². The predicted molar refractivity (Wildman–Crippen MR) is 66.2 cm³/mol. The Morgan fingerprint density at radius 1 is 1.44 bits per heavy atom. The van der Waals surface area contributed by atoms with Gasteiger partial charge in [-0.2, -0.15) is 0 Å². The fourth-order valence-electron chi connectivity index (χ4n) is 1.68. The molecule has 0 radical (unpaired) electrons. The number of hydrogen-bond acceptors (Lipinski definition) is 3. The van der Waals surface area contributed by atoms with Crippen molar-refractivity contribution in [2.24, 2.45) is 0 Å². The van der Waals surface area contributed by atoms with Gasteiger partial charge < -0.3 is 14.7 Å². The van der Waals surface area contributed by atoms with Crippen LogP contribution in [-0.4, -0.2) is 42.7 Å². The number of methoxy groups -OCH3 is 1. The summed E-state index contributed by atoms with van der Waals surface area (Å²) < 4.78 is 18.1. The number of ether oxygens (including phenoxy) is 1. The van der Waals surface area contributed by atoms with Crippen molar-refractivity contribution in [3.05, 3.63) is 29.6 Å². The van der Waals surface area contributed by atoms with Crippen LogP contribution in [0.15, 0.2) is 18.2 Å². The normalized spacial score (nSPS) is 10.2. The van der Waals surface area contributed by atoms with Gasteiger partial charge in [0.2, 0.25) is 0 Å². The number of carbonyl (C=O) groups excluding carboxylic acids is 1. The molecule has 0 saturated heterocycles. The zero-order valence-electron chi connectivity index (χ0n) is 10.6. The lowest BCUT2D eigenvalue weighted by atomic mass is 10.1. The number of aliphatic hydroxyl groups excluding tert-OH is 1. The van der Waals surface area contributed by atoms with Crippen molar-refractivity contribution in [3.8, 4) is 5.75 Å². The second-order valence-corrected chi connectivity index (χ2v) is 3.87. The molecule has 1 N–H and O–H groups in total. The molecule has 1 rings (SSSR count). The minimum Gasteiger partial charge on any atom is -0.494 e. The van der Waals surface area contributed by atoms with Crippen LogP contribution in [0.1, 0.15) is 23.7 Å². The van der Waals surface area contributed by atoms with Crippen molar-refractivity contribution >= 4 is 5.91 Å². The van der Waals surface area contributed by atoms with Gasteiger partial charge in [-0.3, -0.25) is 4.79 Å². The molecule has 0 aromatic heterocycles. The van der Waals surface area contributed by atoms with E-state index in [1.807, 2.05) is 6.92 Å². The van der Waals surface area contributed by atoms with E-state index in [0.29, 0.717) is 12.1 Å². The van der Waals surface area contributed by atoms with E-state index in [1.54, 1.807) is 0 Å². The first-order valence-electron chi connectivity index (χ1n) is 5.87. The second-order valence-electron chi connectivity index (χ2n) is 3.87. The second kappa shape index (κ2) is 6.96. The molecule has 100 valence electrons. The minimum atomic E-state index is -0.502. The summed E-state index contributed by atoms with van der Waals surface area (Å²) in [7, 11) is 1.35. The Morgan fingerprint density at radius 2 is 2.17 bits per heavy atom. The summed E-state index contributed by atoms with van der Waals surface area (Å²) >= 11 is 0.